The van der Waals surface area contributed by atoms with Crippen LogP contribution in [-0.4, -0.2) is 0 Å². The second kappa shape index (κ2) is 3.57. The molecular weight excluding hydrogens is 188 g/mol. The first-order chi connectivity index (χ1) is 4.83. The predicted octanol–water partition coefficient (Wildman–Crippen LogP) is 3.19. The topological polar surface area (TPSA) is 0 Å². The Morgan fingerprint density at radius 2 is 1.80 bits per heavy atom. The van der Waals surface area contributed by atoms with Gasteiger partial charge in [-0.25, -0.2) is 0 Å². The summed E-state index contributed by atoms with van der Waals surface area (Å²) in [5.41, 5.74) is 1.18. The molecule has 0 spiro atoms. The van der Waals surface area contributed by atoms with Crippen LogP contribution in [0.2, 0.25) is 0 Å². The van der Waals surface area contributed by atoms with E-state index < -0.39 is 0 Å². The third-order valence-electron chi connectivity index (χ3n) is 1.18. The number of halogens is 1. The highest BCUT2D eigenvalue weighted by atomic mass is 79.9. The Kier molecular flexibility index (Phi) is 2.69. The average molecular weight is 196 g/mol. The van der Waals surface area contributed by atoms with Crippen LogP contribution < -0.4 is 0 Å². The van der Waals surface area contributed by atoms with E-state index in [0.717, 1.165) is 4.47 Å². The van der Waals surface area contributed by atoms with Crippen LogP contribution in [0.25, 0.3) is 0 Å². The summed E-state index contributed by atoms with van der Waals surface area (Å²) in [7, 11) is 0. The number of allylic oxidation sites excluding steroid dienone is 1. The maximum absolute atomic E-state index is 3.61. The zero-order valence-corrected chi connectivity index (χ0v) is 7.14. The van der Waals surface area contributed by atoms with Gasteiger partial charge in [0.1, 0.15) is 0 Å². The van der Waals surface area contributed by atoms with E-state index in [-0.39, 0.29) is 0 Å². The molecule has 0 aliphatic heterocycles. The van der Waals surface area contributed by atoms with Crippen molar-refractivity contribution < 1.29 is 0 Å². The van der Waals surface area contributed by atoms with E-state index in [1.807, 2.05) is 30.7 Å². The van der Waals surface area contributed by atoms with Gasteiger partial charge in [0.05, 0.1) is 0 Å². The molecule has 0 fully saturated rings. The summed E-state index contributed by atoms with van der Waals surface area (Å²) in [5, 5.41) is 0. The molecular formula is C9H8Br. The molecule has 0 N–H and O–H groups in total. The summed E-state index contributed by atoms with van der Waals surface area (Å²) >= 11 is 3.36. The van der Waals surface area contributed by atoms with Crippen molar-refractivity contribution in [2.45, 2.75) is 0 Å². The summed E-state index contributed by atoms with van der Waals surface area (Å²) in [6.07, 6.45) is 3.75. The minimum absolute atomic E-state index is 1.11. The van der Waals surface area contributed by atoms with Crippen LogP contribution >= 0.6 is 15.9 Å². The second-order valence-corrected chi connectivity index (χ2v) is 2.87. The number of rotatable bonds is 2. The van der Waals surface area contributed by atoms with Crippen molar-refractivity contribution in [1.82, 2.24) is 0 Å². The number of benzene rings is 1. The Balaban J connectivity index is 2.78. The normalized spacial score (nSPS) is 9.30. The molecule has 1 aromatic carbocycles. The van der Waals surface area contributed by atoms with Gasteiger partial charge < -0.3 is 0 Å². The van der Waals surface area contributed by atoms with Gasteiger partial charge in [-0.15, -0.1) is 6.58 Å². The first-order valence-corrected chi connectivity index (χ1v) is 3.83. The minimum Gasteiger partial charge on any atom is -0.102 e. The molecule has 51 valence electrons. The van der Waals surface area contributed by atoms with Crippen molar-refractivity contribution in [1.29, 1.82) is 0 Å². The van der Waals surface area contributed by atoms with Crippen molar-refractivity contribution in [3.8, 4) is 0 Å². The van der Waals surface area contributed by atoms with Crippen LogP contribution in [0.15, 0.2) is 41.4 Å². The monoisotopic (exact) mass is 195 g/mol. The fourth-order valence-electron chi connectivity index (χ4n) is 0.710. The zero-order valence-electron chi connectivity index (χ0n) is 5.55. The molecule has 0 bridgehead atoms. The maximum atomic E-state index is 3.61. The van der Waals surface area contributed by atoms with Crippen LogP contribution in [0.3, 0.4) is 0 Å². The van der Waals surface area contributed by atoms with Gasteiger partial charge >= 0.3 is 0 Å². The Bertz CT molecular complexity index is 211. The Morgan fingerprint density at radius 1 is 1.20 bits per heavy atom. The molecule has 10 heavy (non-hydrogen) atoms. The van der Waals surface area contributed by atoms with Crippen LogP contribution in [0.4, 0.5) is 0 Å². The van der Waals surface area contributed by atoms with Crippen LogP contribution in [0.1, 0.15) is 5.56 Å². The third-order valence-corrected chi connectivity index (χ3v) is 1.71. The summed E-state index contributed by atoms with van der Waals surface area (Å²) < 4.78 is 1.11. The Morgan fingerprint density at radius 3 is 2.30 bits per heavy atom. The average Bonchev–Trinajstić information content (AvgIpc) is 1.95. The fraction of sp³-hybridized carbons (Fsp3) is 0. The lowest BCUT2D eigenvalue weighted by Gasteiger charge is -1.93. The van der Waals surface area contributed by atoms with Gasteiger partial charge in [-0.1, -0.05) is 34.1 Å². The summed E-state index contributed by atoms with van der Waals surface area (Å²) in [5.74, 6) is 0. The summed E-state index contributed by atoms with van der Waals surface area (Å²) in [6, 6.07) is 8.09. The molecule has 1 aromatic rings. The lowest BCUT2D eigenvalue weighted by Crippen LogP contribution is -1.74. The Hall–Kier alpha value is -0.560. The molecule has 0 saturated heterocycles. The predicted molar refractivity (Wildman–Crippen MR) is 47.7 cm³/mol. The standard InChI is InChI=1S/C9H8Br/c1-2-3-8-4-6-9(10)7-5-8/h2-7H,1H2. The van der Waals surface area contributed by atoms with Gasteiger partial charge in [0.25, 0.3) is 0 Å². The first kappa shape index (κ1) is 7.55. The van der Waals surface area contributed by atoms with Crippen molar-refractivity contribution in [3.05, 3.63) is 53.4 Å². The molecule has 0 heterocycles. The second-order valence-electron chi connectivity index (χ2n) is 1.95. The van der Waals surface area contributed by atoms with Crippen LogP contribution in [-0.2, 0) is 0 Å². The fourth-order valence-corrected chi connectivity index (χ4v) is 0.974. The smallest absolute Gasteiger partial charge is 0.0175 e. The molecule has 1 heteroatoms. The maximum Gasteiger partial charge on any atom is 0.0175 e. The highest BCUT2D eigenvalue weighted by Crippen LogP contribution is 2.11. The molecule has 0 amide bonds. The van der Waals surface area contributed by atoms with E-state index in [1.165, 1.54) is 5.56 Å². The van der Waals surface area contributed by atoms with E-state index in [4.69, 9.17) is 0 Å². The number of hydrogen-bond acceptors (Lipinski definition) is 0. The van der Waals surface area contributed by atoms with Crippen molar-refractivity contribution in [2.24, 2.45) is 0 Å². The van der Waals surface area contributed by atoms with Crippen molar-refractivity contribution in [3.63, 3.8) is 0 Å². The highest BCUT2D eigenvalue weighted by Gasteiger charge is 1.87. The molecule has 0 atom stereocenters. The lowest BCUT2D eigenvalue weighted by molar-refractivity contribution is 1.51. The van der Waals surface area contributed by atoms with Crippen molar-refractivity contribution >= 4 is 15.9 Å². The highest BCUT2D eigenvalue weighted by molar-refractivity contribution is 9.10. The summed E-state index contributed by atoms with van der Waals surface area (Å²) in [6.45, 7) is 3.61. The first-order valence-electron chi connectivity index (χ1n) is 3.04. The molecule has 1 radical (unpaired) electrons. The van der Waals surface area contributed by atoms with E-state index >= 15 is 0 Å². The van der Waals surface area contributed by atoms with E-state index in [2.05, 4.69) is 22.5 Å². The van der Waals surface area contributed by atoms with Crippen LogP contribution in [0.5, 0.6) is 0 Å². The van der Waals surface area contributed by atoms with E-state index in [9.17, 15) is 0 Å². The Labute approximate surface area is 69.7 Å². The molecule has 0 aromatic heterocycles. The van der Waals surface area contributed by atoms with Gasteiger partial charge in [0, 0.05) is 10.9 Å². The quantitative estimate of drug-likeness (QED) is 0.681. The molecule has 0 aliphatic carbocycles. The molecule has 0 aliphatic rings. The third kappa shape index (κ3) is 1.99. The van der Waals surface area contributed by atoms with Gasteiger partial charge in [0.2, 0.25) is 0 Å². The van der Waals surface area contributed by atoms with Crippen molar-refractivity contribution in [2.75, 3.05) is 0 Å². The zero-order chi connectivity index (χ0) is 7.40. The van der Waals surface area contributed by atoms with Gasteiger partial charge in [-0.3, -0.25) is 0 Å². The number of hydrogen-bond donors (Lipinski definition) is 0. The largest absolute Gasteiger partial charge is 0.102 e. The molecule has 0 saturated carbocycles. The van der Waals surface area contributed by atoms with Gasteiger partial charge in [-0.2, -0.15) is 0 Å². The SMILES string of the molecule is C=C[CH]c1ccc(Br)cc1. The lowest BCUT2D eigenvalue weighted by atomic mass is 10.2. The van der Waals surface area contributed by atoms with Gasteiger partial charge in [-0.05, 0) is 17.7 Å². The molecule has 0 unspecified atom stereocenters. The summed E-state index contributed by atoms with van der Waals surface area (Å²) in [4.78, 5) is 0. The van der Waals surface area contributed by atoms with E-state index in [1.54, 1.807) is 6.08 Å². The minimum atomic E-state index is 1.11. The molecule has 1 rings (SSSR count). The molecule has 0 nitrogen and oxygen atoms in total. The van der Waals surface area contributed by atoms with Gasteiger partial charge in [0.15, 0.2) is 0 Å². The van der Waals surface area contributed by atoms with Crippen LogP contribution in [0, 0.1) is 6.42 Å². The van der Waals surface area contributed by atoms with E-state index in [0.29, 0.717) is 0 Å².